The van der Waals surface area contributed by atoms with E-state index in [2.05, 4.69) is 19.2 Å². The quantitative estimate of drug-likeness (QED) is 0.0335. The Hall–Kier alpha value is -1.40. The third kappa shape index (κ3) is 36.4. The molecule has 0 aliphatic rings. The van der Waals surface area contributed by atoms with Crippen molar-refractivity contribution in [3.8, 4) is 0 Å². The molecule has 50 heavy (non-hydrogen) atoms. The first-order chi connectivity index (χ1) is 24.5. The van der Waals surface area contributed by atoms with Crippen molar-refractivity contribution >= 4 is 11.9 Å². The van der Waals surface area contributed by atoms with Crippen LogP contribution in [-0.4, -0.2) is 47.4 Å². The van der Waals surface area contributed by atoms with Crippen molar-refractivity contribution in [3.63, 3.8) is 0 Å². The van der Waals surface area contributed by atoms with Crippen LogP contribution in [0.1, 0.15) is 232 Å². The van der Waals surface area contributed by atoms with Crippen LogP contribution in [0.4, 0.5) is 0 Å². The van der Waals surface area contributed by atoms with Crippen molar-refractivity contribution in [1.82, 2.24) is 5.32 Å². The van der Waals surface area contributed by atoms with E-state index in [1.165, 1.54) is 148 Å². The van der Waals surface area contributed by atoms with E-state index in [-0.39, 0.29) is 18.5 Å². The molecule has 0 spiro atoms. The molecule has 0 rings (SSSR count). The van der Waals surface area contributed by atoms with E-state index in [0.717, 1.165) is 57.8 Å². The van der Waals surface area contributed by atoms with E-state index in [4.69, 9.17) is 4.74 Å². The Morgan fingerprint density at radius 2 is 0.920 bits per heavy atom. The summed E-state index contributed by atoms with van der Waals surface area (Å²) in [4.78, 5) is 24.3. The van der Waals surface area contributed by atoms with E-state index < -0.39 is 12.1 Å². The van der Waals surface area contributed by atoms with Crippen molar-refractivity contribution in [2.24, 2.45) is 0 Å². The van der Waals surface area contributed by atoms with Crippen LogP contribution in [0.2, 0.25) is 0 Å². The van der Waals surface area contributed by atoms with Crippen LogP contribution in [0.3, 0.4) is 0 Å². The summed E-state index contributed by atoms with van der Waals surface area (Å²) in [6.45, 7) is 4.82. The maximum absolute atomic E-state index is 12.4. The number of aliphatic hydroxyl groups excluding tert-OH is 2. The predicted molar refractivity (Wildman–Crippen MR) is 213 cm³/mol. The molecule has 2 atom stereocenters. The lowest BCUT2D eigenvalue weighted by atomic mass is 10.0. The van der Waals surface area contributed by atoms with Crippen molar-refractivity contribution in [1.29, 1.82) is 0 Å². The van der Waals surface area contributed by atoms with Gasteiger partial charge in [0.1, 0.15) is 0 Å². The lowest BCUT2D eigenvalue weighted by molar-refractivity contribution is -0.143. The Balaban J connectivity index is 3.54. The predicted octanol–water partition coefficient (Wildman–Crippen LogP) is 12.2. The minimum absolute atomic E-state index is 0.0273. The van der Waals surface area contributed by atoms with Gasteiger partial charge in [0.05, 0.1) is 25.4 Å². The Labute approximate surface area is 310 Å². The molecule has 0 radical (unpaired) electrons. The van der Waals surface area contributed by atoms with Gasteiger partial charge in [-0.3, -0.25) is 9.59 Å². The van der Waals surface area contributed by atoms with Crippen LogP contribution >= 0.6 is 0 Å². The fourth-order valence-corrected chi connectivity index (χ4v) is 6.63. The minimum atomic E-state index is -0.858. The molecule has 0 aliphatic carbocycles. The number of aliphatic hydroxyl groups is 2. The van der Waals surface area contributed by atoms with Gasteiger partial charge in [0, 0.05) is 12.8 Å². The highest BCUT2D eigenvalue weighted by atomic mass is 16.5. The molecule has 0 bridgehead atoms. The molecule has 0 saturated heterocycles. The molecule has 6 heteroatoms. The van der Waals surface area contributed by atoms with Crippen molar-refractivity contribution in [3.05, 3.63) is 12.2 Å². The summed E-state index contributed by atoms with van der Waals surface area (Å²) in [6.07, 6.45) is 43.3. The van der Waals surface area contributed by atoms with Crippen LogP contribution in [0.25, 0.3) is 0 Å². The number of hydrogen-bond donors (Lipinski definition) is 3. The number of nitrogens with one attached hydrogen (secondary N) is 1. The highest BCUT2D eigenvalue weighted by Crippen LogP contribution is 2.15. The maximum atomic E-state index is 12.4. The number of ether oxygens (including phenoxy) is 1. The molecule has 0 saturated carbocycles. The second-order valence-electron chi connectivity index (χ2n) is 15.0. The second kappa shape index (κ2) is 40.4. The summed E-state index contributed by atoms with van der Waals surface area (Å²) < 4.78 is 5.42. The van der Waals surface area contributed by atoms with Gasteiger partial charge in [-0.05, 0) is 32.1 Å². The van der Waals surface area contributed by atoms with Crippen molar-refractivity contribution in [2.45, 2.75) is 244 Å². The summed E-state index contributed by atoms with van der Waals surface area (Å²) >= 11 is 0. The van der Waals surface area contributed by atoms with Gasteiger partial charge in [-0.2, -0.15) is 0 Å². The van der Waals surface area contributed by atoms with Gasteiger partial charge in [-0.25, -0.2) is 0 Å². The van der Waals surface area contributed by atoms with Crippen LogP contribution in [-0.2, 0) is 14.3 Å². The molecule has 1 amide bonds. The van der Waals surface area contributed by atoms with Crippen LogP contribution in [0.5, 0.6) is 0 Å². The standard InChI is InChI=1S/C44H85NO5/c1-3-5-7-9-11-13-15-17-20-24-28-32-36-42(47)41(40-46)45-43(48)37-33-29-25-21-19-23-27-31-35-39-50-44(49)38-34-30-26-22-18-16-14-12-10-8-6-4-2/h32,36,41-42,46-47H,3-31,33-35,37-40H2,1-2H3,(H,45,48)/b36-32+. The molecule has 6 nitrogen and oxygen atoms in total. The Kier molecular flexibility index (Phi) is 39.2. The van der Waals surface area contributed by atoms with E-state index >= 15 is 0 Å². The number of esters is 1. The summed E-state index contributed by atoms with van der Waals surface area (Å²) in [7, 11) is 0. The number of carbonyl (C=O) groups is 2. The molecule has 0 aromatic rings. The van der Waals surface area contributed by atoms with Crippen LogP contribution in [0.15, 0.2) is 12.2 Å². The van der Waals surface area contributed by atoms with Gasteiger partial charge in [0.25, 0.3) is 0 Å². The minimum Gasteiger partial charge on any atom is -0.466 e. The second-order valence-corrected chi connectivity index (χ2v) is 15.0. The van der Waals surface area contributed by atoms with Gasteiger partial charge in [-0.1, -0.05) is 199 Å². The molecule has 0 aliphatic heterocycles. The molecule has 0 aromatic heterocycles. The summed E-state index contributed by atoms with van der Waals surface area (Å²) in [5.41, 5.74) is 0. The largest absolute Gasteiger partial charge is 0.466 e. The molecule has 0 aromatic carbocycles. The Bertz CT molecular complexity index is 742. The van der Waals surface area contributed by atoms with E-state index in [1.807, 2.05) is 6.08 Å². The number of carbonyl (C=O) groups excluding carboxylic acids is 2. The fraction of sp³-hybridized carbons (Fsp3) is 0.909. The highest BCUT2D eigenvalue weighted by molar-refractivity contribution is 5.76. The zero-order chi connectivity index (χ0) is 36.6. The molecular formula is C44H85NO5. The van der Waals surface area contributed by atoms with Crippen molar-refractivity contribution in [2.75, 3.05) is 13.2 Å². The molecule has 0 fully saturated rings. The first kappa shape index (κ1) is 48.6. The Morgan fingerprint density at radius 1 is 0.540 bits per heavy atom. The molecular weight excluding hydrogens is 622 g/mol. The number of amides is 1. The Morgan fingerprint density at radius 3 is 1.36 bits per heavy atom. The number of rotatable bonds is 40. The molecule has 3 N–H and O–H groups in total. The third-order valence-electron chi connectivity index (χ3n) is 10.1. The number of unbranched alkanes of at least 4 members (excludes halogenated alkanes) is 29. The van der Waals surface area contributed by atoms with Crippen molar-refractivity contribution < 1.29 is 24.5 Å². The van der Waals surface area contributed by atoms with Gasteiger partial charge in [-0.15, -0.1) is 0 Å². The monoisotopic (exact) mass is 708 g/mol. The molecule has 0 heterocycles. The third-order valence-corrected chi connectivity index (χ3v) is 10.1. The highest BCUT2D eigenvalue weighted by Gasteiger charge is 2.18. The lowest BCUT2D eigenvalue weighted by Gasteiger charge is -2.20. The fourth-order valence-electron chi connectivity index (χ4n) is 6.63. The zero-order valence-corrected chi connectivity index (χ0v) is 33.4. The average Bonchev–Trinajstić information content (AvgIpc) is 3.11. The maximum Gasteiger partial charge on any atom is 0.305 e. The summed E-state index contributed by atoms with van der Waals surface area (Å²) in [5.74, 6) is -0.124. The van der Waals surface area contributed by atoms with Gasteiger partial charge in [0.15, 0.2) is 0 Å². The zero-order valence-electron chi connectivity index (χ0n) is 33.4. The van der Waals surface area contributed by atoms with Gasteiger partial charge >= 0.3 is 5.97 Å². The molecule has 296 valence electrons. The smallest absolute Gasteiger partial charge is 0.305 e. The first-order valence-corrected chi connectivity index (χ1v) is 22.0. The summed E-state index contributed by atoms with van der Waals surface area (Å²) in [5, 5.41) is 22.9. The molecule has 2 unspecified atom stereocenters. The number of allylic oxidation sites excluding steroid dienone is 1. The van der Waals surface area contributed by atoms with Gasteiger partial charge < -0.3 is 20.3 Å². The normalized spacial score (nSPS) is 12.8. The van der Waals surface area contributed by atoms with E-state index in [1.54, 1.807) is 6.08 Å². The van der Waals surface area contributed by atoms with E-state index in [0.29, 0.717) is 19.4 Å². The topological polar surface area (TPSA) is 95.9 Å². The average molecular weight is 708 g/mol. The summed E-state index contributed by atoms with van der Waals surface area (Å²) in [6, 6.07) is -0.644. The first-order valence-electron chi connectivity index (χ1n) is 22.0. The van der Waals surface area contributed by atoms with Crippen LogP contribution in [0, 0.1) is 0 Å². The van der Waals surface area contributed by atoms with Gasteiger partial charge in [0.2, 0.25) is 5.91 Å². The SMILES string of the molecule is CCCCCCCCCCCC/C=C/C(O)C(CO)NC(=O)CCCCCCCCCCCOC(=O)CCCCCCCCCCCCCC. The number of hydrogen-bond acceptors (Lipinski definition) is 5. The van der Waals surface area contributed by atoms with Crippen LogP contribution < -0.4 is 5.32 Å². The van der Waals surface area contributed by atoms with E-state index in [9.17, 15) is 19.8 Å². The lowest BCUT2D eigenvalue weighted by Crippen LogP contribution is -2.45.